The average molecular weight is 168 g/mol. The van der Waals surface area contributed by atoms with Gasteiger partial charge in [0.2, 0.25) is 0 Å². The summed E-state index contributed by atoms with van der Waals surface area (Å²) in [4.78, 5) is 0. The highest BCUT2D eigenvalue weighted by Gasteiger charge is 2.46. The van der Waals surface area contributed by atoms with E-state index < -0.39 is 0 Å². The fourth-order valence-electron chi connectivity index (χ4n) is 2.75. The molecular weight excluding hydrogens is 152 g/mol. The van der Waals surface area contributed by atoms with E-state index in [4.69, 9.17) is 9.47 Å². The summed E-state index contributed by atoms with van der Waals surface area (Å²) in [5.41, 5.74) is 0. The summed E-state index contributed by atoms with van der Waals surface area (Å²) in [6.45, 7) is 0.996. The van der Waals surface area contributed by atoms with E-state index in [1.165, 1.54) is 32.1 Å². The molecule has 12 heavy (non-hydrogen) atoms. The highest BCUT2D eigenvalue weighted by Crippen LogP contribution is 2.42. The Labute approximate surface area is 73.2 Å². The molecule has 0 radical (unpaired) electrons. The number of rotatable bonds is 1. The Morgan fingerprint density at radius 1 is 0.917 bits per heavy atom. The van der Waals surface area contributed by atoms with E-state index in [1.54, 1.807) is 0 Å². The zero-order chi connectivity index (χ0) is 7.97. The largest absolute Gasteiger partial charge is 0.378 e. The summed E-state index contributed by atoms with van der Waals surface area (Å²) in [5.74, 6) is 0.816. The Kier molecular flexibility index (Phi) is 1.66. The minimum Gasteiger partial charge on any atom is -0.378 e. The predicted molar refractivity (Wildman–Crippen MR) is 45.0 cm³/mol. The fourth-order valence-corrected chi connectivity index (χ4v) is 2.75. The third-order valence-electron chi connectivity index (χ3n) is 3.54. The molecular formula is C10H16O2. The van der Waals surface area contributed by atoms with E-state index in [-0.39, 0.29) is 0 Å². The third kappa shape index (κ3) is 1.17. The maximum absolute atomic E-state index is 5.70. The van der Waals surface area contributed by atoms with Gasteiger partial charge in [0.1, 0.15) is 0 Å². The van der Waals surface area contributed by atoms with Crippen LogP contribution in [-0.4, -0.2) is 24.9 Å². The summed E-state index contributed by atoms with van der Waals surface area (Å²) in [5, 5.41) is 0. The van der Waals surface area contributed by atoms with Crippen molar-refractivity contribution < 1.29 is 9.47 Å². The van der Waals surface area contributed by atoms with E-state index in [9.17, 15) is 0 Å². The Balaban J connectivity index is 1.60. The molecule has 2 heteroatoms. The third-order valence-corrected chi connectivity index (χ3v) is 3.54. The smallest absolute Gasteiger partial charge is 0.0845 e. The van der Waals surface area contributed by atoms with Gasteiger partial charge >= 0.3 is 0 Å². The minimum atomic E-state index is 0.579. The van der Waals surface area contributed by atoms with Crippen LogP contribution in [0.4, 0.5) is 0 Å². The molecule has 3 aliphatic rings. The summed E-state index contributed by atoms with van der Waals surface area (Å²) in [6, 6.07) is 0. The molecule has 1 saturated carbocycles. The number of hydrogen-bond donors (Lipinski definition) is 0. The number of fused-ring (bicyclic) bond motifs is 1. The van der Waals surface area contributed by atoms with Gasteiger partial charge in [-0.1, -0.05) is 0 Å². The van der Waals surface area contributed by atoms with E-state index in [2.05, 4.69) is 0 Å². The Morgan fingerprint density at radius 2 is 1.92 bits per heavy atom. The molecule has 0 aromatic rings. The maximum Gasteiger partial charge on any atom is 0.0845 e. The molecule has 3 fully saturated rings. The highest BCUT2D eigenvalue weighted by atomic mass is 16.6. The van der Waals surface area contributed by atoms with Crippen molar-refractivity contribution in [1.29, 1.82) is 0 Å². The first-order valence-electron chi connectivity index (χ1n) is 5.20. The normalized spacial score (nSPS) is 52.0. The molecule has 0 spiro atoms. The van der Waals surface area contributed by atoms with Crippen LogP contribution in [0.3, 0.4) is 0 Å². The van der Waals surface area contributed by atoms with Crippen LogP contribution in [0.15, 0.2) is 0 Å². The van der Waals surface area contributed by atoms with Crippen LogP contribution in [0.2, 0.25) is 0 Å². The van der Waals surface area contributed by atoms with Crippen molar-refractivity contribution in [2.75, 3.05) is 6.61 Å². The van der Waals surface area contributed by atoms with Gasteiger partial charge in [-0.3, -0.25) is 0 Å². The molecule has 2 heterocycles. The lowest BCUT2D eigenvalue weighted by molar-refractivity contribution is 0.0507. The first kappa shape index (κ1) is 7.34. The first-order chi connectivity index (χ1) is 5.93. The predicted octanol–water partition coefficient (Wildman–Crippen LogP) is 1.73. The minimum absolute atomic E-state index is 0.579. The highest BCUT2D eigenvalue weighted by molar-refractivity contribution is 4.94. The quantitative estimate of drug-likeness (QED) is 0.556. The average Bonchev–Trinajstić information content (AvgIpc) is 2.66. The lowest BCUT2D eigenvalue weighted by Crippen LogP contribution is -2.25. The SMILES string of the molecule is C1COC(C2CCC3OC3C2)C1. The van der Waals surface area contributed by atoms with Crippen LogP contribution in [-0.2, 0) is 9.47 Å². The van der Waals surface area contributed by atoms with Gasteiger partial charge in [-0.2, -0.15) is 0 Å². The monoisotopic (exact) mass is 168 g/mol. The molecule has 0 bridgehead atoms. The first-order valence-corrected chi connectivity index (χ1v) is 5.20. The molecule has 0 aromatic carbocycles. The summed E-state index contributed by atoms with van der Waals surface area (Å²) < 4.78 is 11.2. The molecule has 2 saturated heterocycles. The van der Waals surface area contributed by atoms with Gasteiger partial charge in [-0.25, -0.2) is 0 Å². The van der Waals surface area contributed by atoms with E-state index in [0.29, 0.717) is 18.3 Å². The second-order valence-electron chi connectivity index (χ2n) is 4.34. The number of hydrogen-bond acceptors (Lipinski definition) is 2. The zero-order valence-electron chi connectivity index (χ0n) is 7.37. The zero-order valence-corrected chi connectivity index (χ0v) is 7.37. The molecule has 2 aliphatic heterocycles. The lowest BCUT2D eigenvalue weighted by Gasteiger charge is -2.24. The Bertz CT molecular complexity index is 175. The van der Waals surface area contributed by atoms with Gasteiger partial charge in [0.15, 0.2) is 0 Å². The van der Waals surface area contributed by atoms with E-state index in [1.807, 2.05) is 0 Å². The van der Waals surface area contributed by atoms with Gasteiger partial charge in [-0.15, -0.1) is 0 Å². The number of epoxide rings is 1. The van der Waals surface area contributed by atoms with Crippen molar-refractivity contribution >= 4 is 0 Å². The number of ether oxygens (including phenoxy) is 2. The fraction of sp³-hybridized carbons (Fsp3) is 1.00. The van der Waals surface area contributed by atoms with Crippen molar-refractivity contribution in [2.45, 2.75) is 50.4 Å². The van der Waals surface area contributed by atoms with Crippen molar-refractivity contribution in [3.8, 4) is 0 Å². The van der Waals surface area contributed by atoms with Crippen LogP contribution >= 0.6 is 0 Å². The lowest BCUT2D eigenvalue weighted by atomic mass is 9.84. The van der Waals surface area contributed by atoms with Crippen LogP contribution in [0.1, 0.15) is 32.1 Å². The van der Waals surface area contributed by atoms with Crippen molar-refractivity contribution in [1.82, 2.24) is 0 Å². The second kappa shape index (κ2) is 2.71. The molecule has 2 nitrogen and oxygen atoms in total. The summed E-state index contributed by atoms with van der Waals surface area (Å²) >= 11 is 0. The van der Waals surface area contributed by atoms with Gasteiger partial charge in [0.05, 0.1) is 18.3 Å². The topological polar surface area (TPSA) is 21.8 Å². The molecule has 3 rings (SSSR count). The summed E-state index contributed by atoms with van der Waals surface area (Å²) in [6.07, 6.45) is 8.31. The molecule has 0 aromatic heterocycles. The van der Waals surface area contributed by atoms with E-state index in [0.717, 1.165) is 12.5 Å². The standard InChI is InChI=1S/C10H16O2/c1-2-8(11-5-1)7-3-4-9-10(6-7)12-9/h7-10H,1-6H2. The molecule has 0 N–H and O–H groups in total. The van der Waals surface area contributed by atoms with Crippen molar-refractivity contribution in [2.24, 2.45) is 5.92 Å². The molecule has 4 unspecified atom stereocenters. The molecule has 0 amide bonds. The van der Waals surface area contributed by atoms with Crippen LogP contribution < -0.4 is 0 Å². The van der Waals surface area contributed by atoms with Gasteiger partial charge < -0.3 is 9.47 Å². The van der Waals surface area contributed by atoms with Gasteiger partial charge in [0, 0.05) is 6.61 Å². The molecule has 1 aliphatic carbocycles. The van der Waals surface area contributed by atoms with Crippen LogP contribution in [0, 0.1) is 5.92 Å². The summed E-state index contributed by atoms with van der Waals surface area (Å²) in [7, 11) is 0. The Morgan fingerprint density at radius 3 is 2.67 bits per heavy atom. The van der Waals surface area contributed by atoms with Crippen molar-refractivity contribution in [3.63, 3.8) is 0 Å². The maximum atomic E-state index is 5.70. The van der Waals surface area contributed by atoms with Gasteiger partial charge in [0.25, 0.3) is 0 Å². The van der Waals surface area contributed by atoms with Crippen molar-refractivity contribution in [3.05, 3.63) is 0 Å². The van der Waals surface area contributed by atoms with Crippen LogP contribution in [0.25, 0.3) is 0 Å². The van der Waals surface area contributed by atoms with E-state index >= 15 is 0 Å². The van der Waals surface area contributed by atoms with Crippen LogP contribution in [0.5, 0.6) is 0 Å². The Hall–Kier alpha value is -0.0800. The second-order valence-corrected chi connectivity index (χ2v) is 4.34. The molecule has 68 valence electrons. The van der Waals surface area contributed by atoms with Gasteiger partial charge in [-0.05, 0) is 38.0 Å². The molecule has 4 atom stereocenters.